The summed E-state index contributed by atoms with van der Waals surface area (Å²) in [4.78, 5) is 13.5. The summed E-state index contributed by atoms with van der Waals surface area (Å²) in [6.07, 6.45) is -2.91. The van der Waals surface area contributed by atoms with Crippen molar-refractivity contribution in [3.05, 3.63) is 59.7 Å². The zero-order valence-electron chi connectivity index (χ0n) is 16.8. The molecule has 6 nitrogen and oxygen atoms in total. The van der Waals surface area contributed by atoms with Crippen molar-refractivity contribution in [3.63, 3.8) is 0 Å². The van der Waals surface area contributed by atoms with Crippen LogP contribution in [0.2, 0.25) is 0 Å². The van der Waals surface area contributed by atoms with Crippen molar-refractivity contribution >= 4 is 16.0 Å². The zero-order valence-corrected chi connectivity index (χ0v) is 17.6. The zero-order chi connectivity index (χ0) is 22.6. The van der Waals surface area contributed by atoms with Crippen LogP contribution >= 0.6 is 0 Å². The van der Waals surface area contributed by atoms with Crippen molar-refractivity contribution < 1.29 is 35.3 Å². The van der Waals surface area contributed by atoms with Crippen molar-refractivity contribution in [2.75, 3.05) is 20.3 Å². The Morgan fingerprint density at radius 3 is 2.39 bits per heavy atom. The first-order valence-corrected chi connectivity index (χ1v) is 11.0. The molecule has 3 rings (SSSR count). The van der Waals surface area contributed by atoms with Gasteiger partial charge in [0.2, 0.25) is 5.91 Å². The van der Waals surface area contributed by atoms with E-state index in [0.29, 0.717) is 25.8 Å². The topological polar surface area (TPSA) is 72.9 Å². The molecule has 1 aliphatic rings. The van der Waals surface area contributed by atoms with E-state index < -0.39 is 26.8 Å². The van der Waals surface area contributed by atoms with Crippen molar-refractivity contribution in [2.45, 2.75) is 30.5 Å². The van der Waals surface area contributed by atoms with E-state index in [2.05, 4.69) is 0 Å². The molecule has 0 radical (unpaired) electrons. The molecule has 0 spiro atoms. The number of alkyl halides is 3. The van der Waals surface area contributed by atoms with Gasteiger partial charge in [0.15, 0.2) is 0 Å². The van der Waals surface area contributed by atoms with Crippen LogP contribution in [0.15, 0.2) is 53.4 Å². The number of hydrogen-bond donors (Lipinski definition) is 0. The highest BCUT2D eigenvalue weighted by Gasteiger charge is 2.33. The summed E-state index contributed by atoms with van der Waals surface area (Å²) in [5, 5.41) is 0. The van der Waals surface area contributed by atoms with E-state index in [-0.39, 0.29) is 17.6 Å². The molecule has 0 heterocycles. The fourth-order valence-electron chi connectivity index (χ4n) is 2.93. The first-order valence-electron chi connectivity index (χ1n) is 9.58. The molecule has 0 bridgehead atoms. The number of amides is 1. The highest BCUT2D eigenvalue weighted by atomic mass is 32.2. The van der Waals surface area contributed by atoms with E-state index in [1.807, 2.05) is 0 Å². The Balaban J connectivity index is 1.70. The average molecular weight is 457 g/mol. The molecule has 1 saturated carbocycles. The lowest BCUT2D eigenvalue weighted by Crippen LogP contribution is -2.34. The number of halogens is 3. The van der Waals surface area contributed by atoms with Crippen LogP contribution in [0, 0.1) is 5.92 Å². The van der Waals surface area contributed by atoms with Gasteiger partial charge in [0.25, 0.3) is 0 Å². The predicted molar refractivity (Wildman–Crippen MR) is 106 cm³/mol. The number of benzene rings is 2. The second-order valence-electron chi connectivity index (χ2n) is 7.23. The van der Waals surface area contributed by atoms with E-state index in [9.17, 15) is 26.4 Å². The van der Waals surface area contributed by atoms with Crippen molar-refractivity contribution in [2.24, 2.45) is 5.92 Å². The van der Waals surface area contributed by atoms with Gasteiger partial charge >= 0.3 is 16.3 Å². The van der Waals surface area contributed by atoms with Gasteiger partial charge < -0.3 is 13.8 Å². The van der Waals surface area contributed by atoms with Gasteiger partial charge in [-0.15, -0.1) is 0 Å². The molecule has 0 atom stereocenters. The summed E-state index contributed by atoms with van der Waals surface area (Å²) in [7, 11) is -2.89. The third-order valence-electron chi connectivity index (χ3n) is 4.76. The summed E-state index contributed by atoms with van der Waals surface area (Å²) < 4.78 is 73.3. The second-order valence-corrected chi connectivity index (χ2v) is 8.78. The van der Waals surface area contributed by atoms with Gasteiger partial charge in [-0.3, -0.25) is 4.79 Å². The minimum atomic E-state index is -4.67. The summed E-state index contributed by atoms with van der Waals surface area (Å²) in [6, 6.07) is 9.37. The van der Waals surface area contributed by atoms with Crippen LogP contribution in [0.4, 0.5) is 13.2 Å². The SMILES string of the molecule is COCCN(Cc1ccc(OS(=O)(=O)c2cccc(C(F)(F)F)c2)cc1)C(=O)C1CC1. The number of carbonyl (C=O) groups is 1. The smallest absolute Gasteiger partial charge is 0.383 e. The van der Waals surface area contributed by atoms with Gasteiger partial charge in [-0.25, -0.2) is 0 Å². The maximum atomic E-state index is 12.8. The Labute approximate surface area is 178 Å². The largest absolute Gasteiger partial charge is 0.416 e. The van der Waals surface area contributed by atoms with Crippen molar-refractivity contribution in [1.29, 1.82) is 0 Å². The monoisotopic (exact) mass is 457 g/mol. The first kappa shape index (κ1) is 23.1. The van der Waals surface area contributed by atoms with E-state index in [4.69, 9.17) is 8.92 Å². The molecule has 1 aliphatic carbocycles. The molecule has 0 saturated heterocycles. The average Bonchev–Trinajstić information content (AvgIpc) is 3.56. The van der Waals surface area contributed by atoms with Crippen LogP contribution in [-0.2, 0) is 32.4 Å². The number of hydrogen-bond acceptors (Lipinski definition) is 5. The molecule has 0 aromatic heterocycles. The molecule has 0 aliphatic heterocycles. The number of methoxy groups -OCH3 is 1. The van der Waals surface area contributed by atoms with Gasteiger partial charge in [0.1, 0.15) is 10.6 Å². The van der Waals surface area contributed by atoms with Crippen molar-refractivity contribution in [1.82, 2.24) is 4.90 Å². The quantitative estimate of drug-likeness (QED) is 0.535. The van der Waals surface area contributed by atoms with Gasteiger partial charge in [-0.2, -0.15) is 21.6 Å². The molecule has 0 N–H and O–H groups in total. The lowest BCUT2D eigenvalue weighted by atomic mass is 10.2. The lowest BCUT2D eigenvalue weighted by molar-refractivity contribution is -0.137. The molecular formula is C21H22F3NO5S. The standard InChI is InChI=1S/C21H22F3NO5S/c1-29-12-11-25(20(26)16-7-8-16)14-15-5-9-18(10-6-15)30-31(27,28)19-4-2-3-17(13-19)21(22,23)24/h2-6,9-10,13,16H,7-8,11-12,14H2,1H3. The third-order valence-corrected chi connectivity index (χ3v) is 6.00. The van der Waals surface area contributed by atoms with Gasteiger partial charge in [0.05, 0.1) is 12.2 Å². The third kappa shape index (κ3) is 6.20. The molecule has 168 valence electrons. The van der Waals surface area contributed by atoms with Crippen LogP contribution in [-0.4, -0.2) is 39.5 Å². The second kappa shape index (κ2) is 9.27. The highest BCUT2D eigenvalue weighted by molar-refractivity contribution is 7.87. The van der Waals surface area contributed by atoms with E-state index in [1.165, 1.54) is 12.1 Å². The molecule has 10 heteroatoms. The van der Waals surface area contributed by atoms with Gasteiger partial charge in [-0.1, -0.05) is 18.2 Å². The van der Waals surface area contributed by atoms with Crippen LogP contribution in [0.1, 0.15) is 24.0 Å². The Hall–Kier alpha value is -2.59. The Kier molecular flexibility index (Phi) is 6.90. The maximum Gasteiger partial charge on any atom is 0.416 e. The molecule has 1 fully saturated rings. The van der Waals surface area contributed by atoms with Gasteiger partial charge in [0, 0.05) is 26.1 Å². The maximum absolute atomic E-state index is 12.8. The molecule has 2 aromatic rings. The Morgan fingerprint density at radius 1 is 1.13 bits per heavy atom. The molecule has 1 amide bonds. The normalized spacial score (nSPS) is 14.3. The van der Waals surface area contributed by atoms with E-state index >= 15 is 0 Å². The van der Waals surface area contributed by atoms with Crippen LogP contribution in [0.25, 0.3) is 0 Å². The fourth-order valence-corrected chi connectivity index (χ4v) is 3.91. The molecule has 2 aromatic carbocycles. The minimum Gasteiger partial charge on any atom is -0.383 e. The number of ether oxygens (including phenoxy) is 1. The Morgan fingerprint density at radius 2 is 1.81 bits per heavy atom. The van der Waals surface area contributed by atoms with Crippen LogP contribution in [0.5, 0.6) is 5.75 Å². The van der Waals surface area contributed by atoms with Gasteiger partial charge in [-0.05, 0) is 48.7 Å². The minimum absolute atomic E-state index is 0.0434. The van der Waals surface area contributed by atoms with E-state index in [0.717, 1.165) is 36.6 Å². The predicted octanol–water partition coefficient (Wildman–Crippen LogP) is 3.86. The number of carbonyl (C=O) groups excluding carboxylic acids is 1. The van der Waals surface area contributed by atoms with Crippen LogP contribution < -0.4 is 4.18 Å². The summed E-state index contributed by atoms with van der Waals surface area (Å²) in [6.45, 7) is 1.17. The molecule has 31 heavy (non-hydrogen) atoms. The summed E-state index contributed by atoms with van der Waals surface area (Å²) >= 11 is 0. The van der Waals surface area contributed by atoms with Crippen molar-refractivity contribution in [3.8, 4) is 5.75 Å². The lowest BCUT2D eigenvalue weighted by Gasteiger charge is -2.22. The summed E-state index contributed by atoms with van der Waals surface area (Å²) in [5.74, 6) is 0.0692. The summed E-state index contributed by atoms with van der Waals surface area (Å²) in [5.41, 5.74) is -0.321. The molecule has 0 unspecified atom stereocenters. The first-order chi connectivity index (χ1) is 14.6. The Bertz CT molecular complexity index is 1020. The highest BCUT2D eigenvalue weighted by Crippen LogP contribution is 2.32. The van der Waals surface area contributed by atoms with Crippen LogP contribution in [0.3, 0.4) is 0 Å². The van der Waals surface area contributed by atoms with E-state index in [1.54, 1.807) is 24.1 Å². The fraction of sp³-hybridized carbons (Fsp3) is 0.381. The number of rotatable bonds is 9. The number of nitrogens with zero attached hydrogens (tertiary/aromatic N) is 1. The molecular weight excluding hydrogens is 435 g/mol.